The largest absolute Gasteiger partial charge is 0.496 e. The summed E-state index contributed by atoms with van der Waals surface area (Å²) < 4.78 is 27.3. The van der Waals surface area contributed by atoms with Crippen molar-refractivity contribution in [3.8, 4) is 28.3 Å². The van der Waals surface area contributed by atoms with Gasteiger partial charge in [0.25, 0.3) is 0 Å². The molecule has 0 radical (unpaired) electrons. The fraction of sp³-hybridized carbons (Fsp3) is 0.292. The molecule has 0 saturated carbocycles. The van der Waals surface area contributed by atoms with Gasteiger partial charge in [0, 0.05) is 36.9 Å². The lowest BCUT2D eigenvalue weighted by Crippen LogP contribution is -2.07. The van der Waals surface area contributed by atoms with Gasteiger partial charge in [-0.25, -0.2) is 4.98 Å². The van der Waals surface area contributed by atoms with Gasteiger partial charge in [-0.05, 0) is 31.0 Å². The second-order valence-corrected chi connectivity index (χ2v) is 7.34. The molecule has 8 heteroatoms. The molecule has 0 fully saturated rings. The standard InChI is InChI=1S/C24H25FN4O3/c1-4-28-14-17(13-27-28)16-7-8-20-19(10-16)26-15-29(20)18-11-22(31-2)24(23(12-18)32-3)21(30)6-5-9-25/h7-8,10-15H,4-6,9H2,1-3H3. The van der Waals surface area contributed by atoms with Crippen LogP contribution in [0.25, 0.3) is 27.8 Å². The van der Waals surface area contributed by atoms with Gasteiger partial charge in [-0.1, -0.05) is 6.07 Å². The van der Waals surface area contributed by atoms with Crippen molar-refractivity contribution in [3.63, 3.8) is 0 Å². The van der Waals surface area contributed by atoms with Crippen molar-refractivity contribution in [2.24, 2.45) is 0 Å². The maximum atomic E-state index is 12.6. The molecule has 4 aromatic rings. The number of carbonyl (C=O) groups is 1. The third-order valence-corrected chi connectivity index (χ3v) is 5.42. The Labute approximate surface area is 185 Å². The first-order chi connectivity index (χ1) is 15.6. The predicted molar refractivity (Wildman–Crippen MR) is 121 cm³/mol. The highest BCUT2D eigenvalue weighted by Crippen LogP contribution is 2.35. The van der Waals surface area contributed by atoms with Gasteiger partial charge in [-0.3, -0.25) is 18.4 Å². The van der Waals surface area contributed by atoms with Crippen molar-refractivity contribution in [1.82, 2.24) is 19.3 Å². The summed E-state index contributed by atoms with van der Waals surface area (Å²) in [7, 11) is 3.00. The van der Waals surface area contributed by atoms with E-state index in [9.17, 15) is 9.18 Å². The first-order valence-electron chi connectivity index (χ1n) is 10.4. The number of ether oxygens (including phenoxy) is 2. The Kier molecular flexibility index (Phi) is 6.20. The van der Waals surface area contributed by atoms with E-state index in [1.54, 1.807) is 18.5 Å². The summed E-state index contributed by atoms with van der Waals surface area (Å²) in [6.45, 7) is 2.31. The Hall–Kier alpha value is -3.68. The predicted octanol–water partition coefficient (Wildman–Crippen LogP) is 4.86. The van der Waals surface area contributed by atoms with Crippen LogP contribution >= 0.6 is 0 Å². The van der Waals surface area contributed by atoms with E-state index in [2.05, 4.69) is 10.1 Å². The number of hydrogen-bond donors (Lipinski definition) is 0. The molecule has 7 nitrogen and oxygen atoms in total. The molecule has 0 N–H and O–H groups in total. The molecular weight excluding hydrogens is 411 g/mol. The Morgan fingerprint density at radius 3 is 2.47 bits per heavy atom. The zero-order valence-electron chi connectivity index (χ0n) is 18.3. The summed E-state index contributed by atoms with van der Waals surface area (Å²) >= 11 is 0. The van der Waals surface area contributed by atoms with Crippen LogP contribution in [0.5, 0.6) is 11.5 Å². The zero-order valence-corrected chi connectivity index (χ0v) is 18.3. The summed E-state index contributed by atoms with van der Waals surface area (Å²) in [5.74, 6) is 0.554. The Balaban J connectivity index is 1.75. The van der Waals surface area contributed by atoms with Crippen LogP contribution in [0.1, 0.15) is 30.1 Å². The molecule has 32 heavy (non-hydrogen) atoms. The highest BCUT2D eigenvalue weighted by Gasteiger charge is 2.21. The fourth-order valence-electron chi connectivity index (χ4n) is 3.75. The van der Waals surface area contributed by atoms with Gasteiger partial charge in [0.05, 0.1) is 43.8 Å². The molecule has 0 bridgehead atoms. The molecule has 0 saturated heterocycles. The van der Waals surface area contributed by atoms with E-state index >= 15 is 0 Å². The third kappa shape index (κ3) is 3.95. The Morgan fingerprint density at radius 1 is 1.09 bits per heavy atom. The van der Waals surface area contributed by atoms with Gasteiger partial charge >= 0.3 is 0 Å². The topological polar surface area (TPSA) is 71.2 Å². The van der Waals surface area contributed by atoms with Crippen LogP contribution in [0.2, 0.25) is 0 Å². The number of aryl methyl sites for hydroxylation is 1. The number of rotatable bonds is 9. The quantitative estimate of drug-likeness (QED) is 0.351. The minimum atomic E-state index is -0.545. The molecule has 0 aliphatic heterocycles. The van der Waals surface area contributed by atoms with Crippen molar-refractivity contribution in [2.75, 3.05) is 20.9 Å². The molecule has 0 aliphatic rings. The minimum Gasteiger partial charge on any atom is -0.496 e. The van der Waals surface area contributed by atoms with Gasteiger partial charge in [-0.15, -0.1) is 0 Å². The number of hydrogen-bond acceptors (Lipinski definition) is 5. The molecule has 0 spiro atoms. The number of halogens is 1. The average molecular weight is 436 g/mol. The lowest BCUT2D eigenvalue weighted by Gasteiger charge is -2.15. The Morgan fingerprint density at radius 2 is 1.84 bits per heavy atom. The van der Waals surface area contributed by atoms with Gasteiger partial charge in [0.2, 0.25) is 0 Å². The SMILES string of the molecule is CCn1cc(-c2ccc3c(c2)ncn3-c2cc(OC)c(C(=O)CCCF)c(OC)c2)cn1. The van der Waals surface area contributed by atoms with Crippen molar-refractivity contribution in [3.05, 3.63) is 54.6 Å². The second kappa shape index (κ2) is 9.21. The van der Waals surface area contributed by atoms with Crippen molar-refractivity contribution >= 4 is 16.8 Å². The molecule has 4 rings (SSSR count). The molecule has 166 valence electrons. The lowest BCUT2D eigenvalue weighted by atomic mass is 10.0. The summed E-state index contributed by atoms with van der Waals surface area (Å²) in [5.41, 5.74) is 4.86. The van der Waals surface area contributed by atoms with Gasteiger partial charge in [0.1, 0.15) is 23.4 Å². The lowest BCUT2D eigenvalue weighted by molar-refractivity contribution is 0.0971. The van der Waals surface area contributed by atoms with Gasteiger partial charge in [0.15, 0.2) is 5.78 Å². The number of benzene rings is 2. The first kappa shape index (κ1) is 21.5. The van der Waals surface area contributed by atoms with Crippen LogP contribution in [0, 0.1) is 0 Å². The van der Waals surface area contributed by atoms with Crippen LogP contribution in [-0.4, -0.2) is 46.0 Å². The normalized spacial score (nSPS) is 11.1. The number of carbonyl (C=O) groups excluding carboxylic acids is 1. The summed E-state index contributed by atoms with van der Waals surface area (Å²) in [4.78, 5) is 17.2. The van der Waals surface area contributed by atoms with E-state index in [1.807, 2.05) is 46.8 Å². The van der Waals surface area contributed by atoms with E-state index in [4.69, 9.17) is 9.47 Å². The van der Waals surface area contributed by atoms with E-state index in [-0.39, 0.29) is 18.6 Å². The molecule has 2 heterocycles. The fourth-order valence-corrected chi connectivity index (χ4v) is 3.75. The highest BCUT2D eigenvalue weighted by atomic mass is 19.1. The zero-order chi connectivity index (χ0) is 22.7. The van der Waals surface area contributed by atoms with E-state index < -0.39 is 6.67 Å². The number of ketones is 1. The van der Waals surface area contributed by atoms with Crippen LogP contribution in [0.4, 0.5) is 4.39 Å². The van der Waals surface area contributed by atoms with Crippen LogP contribution in [0.3, 0.4) is 0 Å². The number of methoxy groups -OCH3 is 2. The van der Waals surface area contributed by atoms with Crippen LogP contribution in [0.15, 0.2) is 49.1 Å². The summed E-state index contributed by atoms with van der Waals surface area (Å²) in [6.07, 6.45) is 5.83. The van der Waals surface area contributed by atoms with Crippen LogP contribution < -0.4 is 9.47 Å². The molecular formula is C24H25FN4O3. The van der Waals surface area contributed by atoms with Crippen LogP contribution in [-0.2, 0) is 6.54 Å². The number of alkyl halides is 1. The number of nitrogens with zero attached hydrogens (tertiary/aromatic N) is 4. The monoisotopic (exact) mass is 436 g/mol. The van der Waals surface area contributed by atoms with E-state index in [1.165, 1.54) is 14.2 Å². The van der Waals surface area contributed by atoms with Crippen molar-refractivity contribution in [2.45, 2.75) is 26.3 Å². The van der Waals surface area contributed by atoms with E-state index in [0.717, 1.165) is 34.4 Å². The number of aromatic nitrogens is 4. The molecule has 0 atom stereocenters. The molecule has 2 aromatic heterocycles. The molecule has 0 unspecified atom stereocenters. The van der Waals surface area contributed by atoms with E-state index in [0.29, 0.717) is 17.1 Å². The van der Waals surface area contributed by atoms with Gasteiger partial charge < -0.3 is 9.47 Å². The highest BCUT2D eigenvalue weighted by molar-refractivity contribution is 6.01. The first-order valence-corrected chi connectivity index (χ1v) is 10.4. The number of Topliss-reactive ketones (excluding diaryl/α,β-unsaturated/α-hetero) is 1. The smallest absolute Gasteiger partial charge is 0.170 e. The second-order valence-electron chi connectivity index (χ2n) is 7.34. The Bertz CT molecular complexity index is 1240. The third-order valence-electron chi connectivity index (χ3n) is 5.42. The minimum absolute atomic E-state index is 0.0912. The number of imidazole rings is 1. The maximum Gasteiger partial charge on any atom is 0.170 e. The summed E-state index contributed by atoms with van der Waals surface area (Å²) in [5, 5.41) is 4.34. The maximum absolute atomic E-state index is 12.6. The average Bonchev–Trinajstić information content (AvgIpc) is 3.48. The van der Waals surface area contributed by atoms with Crippen molar-refractivity contribution < 1.29 is 18.7 Å². The molecule has 0 amide bonds. The van der Waals surface area contributed by atoms with Crippen molar-refractivity contribution in [1.29, 1.82) is 0 Å². The number of fused-ring (bicyclic) bond motifs is 1. The van der Waals surface area contributed by atoms with Gasteiger partial charge in [-0.2, -0.15) is 5.10 Å². The molecule has 0 aliphatic carbocycles. The summed E-state index contributed by atoms with van der Waals surface area (Å²) in [6, 6.07) is 9.59. The molecule has 2 aromatic carbocycles.